The van der Waals surface area contributed by atoms with Crippen LogP contribution < -0.4 is 0 Å². The van der Waals surface area contributed by atoms with Crippen LogP contribution in [0.15, 0.2) is 24.3 Å². The molecule has 0 N–H and O–H groups in total. The lowest BCUT2D eigenvalue weighted by Gasteiger charge is -2.48. The van der Waals surface area contributed by atoms with Gasteiger partial charge >= 0.3 is 6.18 Å². The van der Waals surface area contributed by atoms with Crippen molar-refractivity contribution >= 4 is 18.3 Å². The van der Waals surface area contributed by atoms with Crippen LogP contribution in [0.3, 0.4) is 0 Å². The van der Waals surface area contributed by atoms with Crippen LogP contribution in [0, 0.1) is 0 Å². The molecular weight excluding hydrogens is 381 g/mol. The molecule has 1 atom stereocenters. The number of nitrogens with zero attached hydrogens (tertiary/aromatic N) is 2. The van der Waals surface area contributed by atoms with E-state index in [0.29, 0.717) is 18.5 Å². The van der Waals surface area contributed by atoms with Gasteiger partial charge in [-0.05, 0) is 37.8 Å². The Labute approximate surface area is 164 Å². The molecule has 0 bridgehead atoms. The van der Waals surface area contributed by atoms with E-state index in [1.165, 1.54) is 12.1 Å². The lowest BCUT2D eigenvalue weighted by atomic mass is 9.88. The summed E-state index contributed by atoms with van der Waals surface area (Å²) in [7, 11) is 1.81. The zero-order valence-electron chi connectivity index (χ0n) is 15.6. The Balaban J connectivity index is 0.00000261. The molecule has 152 valence electrons. The Morgan fingerprint density at radius 1 is 1.26 bits per heavy atom. The van der Waals surface area contributed by atoms with E-state index in [0.717, 1.165) is 38.5 Å². The minimum absolute atomic E-state index is 0. The highest BCUT2D eigenvalue weighted by atomic mass is 35.5. The first kappa shape index (κ1) is 22.0. The van der Waals surface area contributed by atoms with E-state index in [1.807, 2.05) is 7.05 Å². The Kier molecular flexibility index (Phi) is 6.81. The zero-order chi connectivity index (χ0) is 18.9. The van der Waals surface area contributed by atoms with Gasteiger partial charge in [-0.15, -0.1) is 12.4 Å². The van der Waals surface area contributed by atoms with Crippen LogP contribution in [0.1, 0.15) is 30.9 Å². The number of ether oxygens (including phenoxy) is 1. The average molecular weight is 407 g/mol. The quantitative estimate of drug-likeness (QED) is 0.771. The van der Waals surface area contributed by atoms with Crippen molar-refractivity contribution in [2.45, 2.75) is 44.1 Å². The van der Waals surface area contributed by atoms with Crippen molar-refractivity contribution in [1.82, 2.24) is 9.80 Å². The summed E-state index contributed by atoms with van der Waals surface area (Å²) in [4.78, 5) is 15.9. The summed E-state index contributed by atoms with van der Waals surface area (Å²) in [6, 6.07) is 5.55. The van der Waals surface area contributed by atoms with Gasteiger partial charge in [0.1, 0.15) is 6.10 Å². The molecule has 1 unspecified atom stereocenters. The number of benzene rings is 1. The number of hydrogen-bond donors (Lipinski definition) is 0. The van der Waals surface area contributed by atoms with Gasteiger partial charge in [0.2, 0.25) is 0 Å². The molecule has 1 aromatic carbocycles. The Bertz CT molecular complexity index is 645. The molecule has 27 heavy (non-hydrogen) atoms. The normalized spacial score (nSPS) is 23.4. The standard InChI is InChI=1S/C19H25F3N2O2.ClH/c1-14-17(25)23(2)13-18(26-14)7-10-24(11-8-18)9-6-15-4-3-5-16(12-15)19(20,21)22;/h3-5,12,14H,6-11,13H2,1-2H3;1H. The molecular formula is C19H26ClF3N2O2. The van der Waals surface area contributed by atoms with Crippen LogP contribution in [0.25, 0.3) is 0 Å². The smallest absolute Gasteiger partial charge is 0.360 e. The zero-order valence-corrected chi connectivity index (χ0v) is 16.4. The van der Waals surface area contributed by atoms with Gasteiger partial charge in [-0.1, -0.05) is 18.2 Å². The number of hydrogen-bond acceptors (Lipinski definition) is 3. The monoisotopic (exact) mass is 406 g/mol. The van der Waals surface area contributed by atoms with Crippen molar-refractivity contribution in [1.29, 1.82) is 0 Å². The molecule has 2 aliphatic rings. The van der Waals surface area contributed by atoms with Gasteiger partial charge in [-0.2, -0.15) is 13.2 Å². The van der Waals surface area contributed by atoms with Crippen LogP contribution in [0.2, 0.25) is 0 Å². The number of alkyl halides is 3. The third kappa shape index (κ3) is 5.15. The molecule has 4 nitrogen and oxygen atoms in total. The van der Waals surface area contributed by atoms with Gasteiger partial charge in [0, 0.05) is 33.2 Å². The van der Waals surface area contributed by atoms with Crippen molar-refractivity contribution < 1.29 is 22.7 Å². The van der Waals surface area contributed by atoms with Gasteiger partial charge in [0.05, 0.1) is 11.2 Å². The summed E-state index contributed by atoms with van der Waals surface area (Å²) in [5.74, 6) is 0.0163. The van der Waals surface area contributed by atoms with E-state index < -0.39 is 17.8 Å². The van der Waals surface area contributed by atoms with Crippen LogP contribution in [0.5, 0.6) is 0 Å². The second-order valence-electron chi connectivity index (χ2n) is 7.43. The minimum atomic E-state index is -4.30. The fraction of sp³-hybridized carbons (Fsp3) is 0.632. The van der Waals surface area contributed by atoms with Crippen molar-refractivity contribution in [3.63, 3.8) is 0 Å². The molecule has 2 heterocycles. The molecule has 2 fully saturated rings. The maximum atomic E-state index is 12.8. The second-order valence-corrected chi connectivity index (χ2v) is 7.43. The van der Waals surface area contributed by atoms with Gasteiger partial charge in [0.15, 0.2) is 0 Å². The number of amides is 1. The number of carbonyl (C=O) groups excluding carboxylic acids is 1. The molecule has 0 aliphatic carbocycles. The number of carbonyl (C=O) groups is 1. The Morgan fingerprint density at radius 2 is 1.93 bits per heavy atom. The van der Waals surface area contributed by atoms with E-state index in [4.69, 9.17) is 4.74 Å². The lowest BCUT2D eigenvalue weighted by molar-refractivity contribution is -0.186. The maximum absolute atomic E-state index is 12.8. The van der Waals surface area contributed by atoms with Crippen LogP contribution in [0.4, 0.5) is 13.2 Å². The Morgan fingerprint density at radius 3 is 2.52 bits per heavy atom. The highest BCUT2D eigenvalue weighted by Crippen LogP contribution is 2.33. The van der Waals surface area contributed by atoms with Gasteiger partial charge in [0.25, 0.3) is 5.91 Å². The predicted octanol–water partition coefficient (Wildman–Crippen LogP) is 3.38. The second kappa shape index (κ2) is 8.37. The molecule has 1 aromatic rings. The molecule has 3 rings (SSSR count). The van der Waals surface area contributed by atoms with E-state index >= 15 is 0 Å². The summed E-state index contributed by atoms with van der Waals surface area (Å²) >= 11 is 0. The summed E-state index contributed by atoms with van der Waals surface area (Å²) in [6.45, 7) is 4.78. The largest absolute Gasteiger partial charge is 0.416 e. The van der Waals surface area contributed by atoms with E-state index in [2.05, 4.69) is 4.90 Å². The Hall–Kier alpha value is -1.31. The summed E-state index contributed by atoms with van der Waals surface area (Å²) in [6.07, 6.45) is -2.46. The average Bonchev–Trinajstić information content (AvgIpc) is 2.59. The van der Waals surface area contributed by atoms with Crippen LogP contribution >= 0.6 is 12.4 Å². The van der Waals surface area contributed by atoms with E-state index in [1.54, 1.807) is 17.9 Å². The van der Waals surface area contributed by atoms with Crippen molar-refractivity contribution in [3.05, 3.63) is 35.4 Å². The molecule has 2 saturated heterocycles. The molecule has 0 aromatic heterocycles. The first-order chi connectivity index (χ1) is 12.2. The van der Waals surface area contributed by atoms with Gasteiger partial charge in [-0.25, -0.2) is 0 Å². The molecule has 1 amide bonds. The number of piperidine rings is 1. The highest BCUT2D eigenvalue weighted by Gasteiger charge is 2.44. The number of likely N-dealkylation sites (tertiary alicyclic amines) is 1. The molecule has 1 spiro atoms. The third-order valence-electron chi connectivity index (χ3n) is 5.41. The minimum Gasteiger partial charge on any atom is -0.360 e. The number of morpholine rings is 1. The summed E-state index contributed by atoms with van der Waals surface area (Å²) < 4.78 is 44.4. The molecule has 0 radical (unpaired) electrons. The SMILES string of the molecule is CC1OC2(CCN(CCc3cccc(C(F)(F)F)c3)CC2)CN(C)C1=O.Cl. The lowest BCUT2D eigenvalue weighted by Crippen LogP contribution is -2.60. The van der Waals surface area contributed by atoms with Crippen LogP contribution in [-0.4, -0.2) is 60.6 Å². The number of likely N-dealkylation sites (N-methyl/N-ethyl adjacent to an activating group) is 1. The fourth-order valence-corrected chi connectivity index (χ4v) is 3.93. The maximum Gasteiger partial charge on any atom is 0.416 e. The van der Waals surface area contributed by atoms with Crippen molar-refractivity contribution in [2.75, 3.05) is 33.2 Å². The highest BCUT2D eigenvalue weighted by molar-refractivity contribution is 5.85. The number of rotatable bonds is 3. The third-order valence-corrected chi connectivity index (χ3v) is 5.41. The van der Waals surface area contributed by atoms with Gasteiger partial charge < -0.3 is 14.5 Å². The van der Waals surface area contributed by atoms with Crippen LogP contribution in [-0.2, 0) is 22.1 Å². The molecule has 8 heteroatoms. The van der Waals surface area contributed by atoms with E-state index in [9.17, 15) is 18.0 Å². The topological polar surface area (TPSA) is 32.8 Å². The number of halogens is 4. The first-order valence-electron chi connectivity index (χ1n) is 9.00. The summed E-state index contributed by atoms with van der Waals surface area (Å²) in [5.41, 5.74) is -0.174. The van der Waals surface area contributed by atoms with E-state index in [-0.39, 0.29) is 23.9 Å². The van der Waals surface area contributed by atoms with Crippen molar-refractivity contribution in [3.8, 4) is 0 Å². The molecule has 0 saturated carbocycles. The fourth-order valence-electron chi connectivity index (χ4n) is 3.93. The molecule has 2 aliphatic heterocycles. The summed E-state index contributed by atoms with van der Waals surface area (Å²) in [5, 5.41) is 0. The first-order valence-corrected chi connectivity index (χ1v) is 9.00. The van der Waals surface area contributed by atoms with Crippen molar-refractivity contribution in [2.24, 2.45) is 0 Å². The van der Waals surface area contributed by atoms with Gasteiger partial charge in [-0.3, -0.25) is 4.79 Å². The predicted molar refractivity (Wildman–Crippen MR) is 99.0 cm³/mol.